The number of nitrogens with zero attached hydrogens (tertiary/aromatic N) is 2. The van der Waals surface area contributed by atoms with Crippen LogP contribution in [0.1, 0.15) is 16.3 Å². The zero-order valence-electron chi connectivity index (χ0n) is 11.9. The van der Waals surface area contributed by atoms with E-state index in [0.717, 1.165) is 35.0 Å². The molecule has 0 saturated carbocycles. The minimum Gasteiger partial charge on any atom is -0.307 e. The Morgan fingerprint density at radius 1 is 1.05 bits per heavy atom. The molecular formula is C17H17N3S. The number of aromatic nitrogens is 2. The fourth-order valence-electron chi connectivity index (χ4n) is 2.15. The first kappa shape index (κ1) is 13.9. The normalized spacial score (nSPS) is 10.7. The maximum atomic E-state index is 4.44. The minimum absolute atomic E-state index is 0.812. The molecule has 1 aromatic carbocycles. The molecule has 0 unspecified atom stereocenters. The molecule has 0 fully saturated rings. The van der Waals surface area contributed by atoms with Crippen molar-refractivity contribution in [3.05, 3.63) is 70.3 Å². The van der Waals surface area contributed by atoms with E-state index in [-0.39, 0.29) is 0 Å². The largest absolute Gasteiger partial charge is 0.307 e. The van der Waals surface area contributed by atoms with Gasteiger partial charge in [-0.25, -0.2) is 4.98 Å². The number of nitrogens with one attached hydrogen (secondary N) is 1. The van der Waals surface area contributed by atoms with Gasteiger partial charge in [0, 0.05) is 30.2 Å². The molecular weight excluding hydrogens is 278 g/mol. The summed E-state index contributed by atoms with van der Waals surface area (Å²) in [7, 11) is 0. The molecule has 0 radical (unpaired) electrons. The summed E-state index contributed by atoms with van der Waals surface area (Å²) in [6.07, 6.45) is 1.82. The molecule has 3 nitrogen and oxygen atoms in total. The predicted octanol–water partition coefficient (Wildman–Crippen LogP) is 3.80. The van der Waals surface area contributed by atoms with Crippen LogP contribution in [0.25, 0.3) is 11.3 Å². The van der Waals surface area contributed by atoms with Gasteiger partial charge in [0.05, 0.1) is 16.4 Å². The van der Waals surface area contributed by atoms with E-state index >= 15 is 0 Å². The van der Waals surface area contributed by atoms with Gasteiger partial charge >= 0.3 is 0 Å². The summed E-state index contributed by atoms with van der Waals surface area (Å²) in [6.45, 7) is 3.69. The standard InChI is InChI=1S/C17H17N3S/c1-13-20-16(12-21-13)11-18-10-14-5-7-15(8-6-14)17-4-2-3-9-19-17/h2-9,12,18H,10-11H2,1H3. The Hall–Kier alpha value is -2.04. The van der Waals surface area contributed by atoms with Crippen LogP contribution in [0.15, 0.2) is 54.0 Å². The second-order valence-electron chi connectivity index (χ2n) is 4.87. The molecule has 21 heavy (non-hydrogen) atoms. The summed E-state index contributed by atoms with van der Waals surface area (Å²) in [5, 5.41) is 6.64. The summed E-state index contributed by atoms with van der Waals surface area (Å²) in [5.41, 5.74) is 4.54. The smallest absolute Gasteiger partial charge is 0.0897 e. The Kier molecular flexibility index (Phi) is 4.38. The number of benzene rings is 1. The molecule has 0 aliphatic heterocycles. The van der Waals surface area contributed by atoms with E-state index in [4.69, 9.17) is 0 Å². The van der Waals surface area contributed by atoms with Gasteiger partial charge in [-0.05, 0) is 24.6 Å². The average Bonchev–Trinajstić information content (AvgIpc) is 2.94. The van der Waals surface area contributed by atoms with Crippen molar-refractivity contribution in [3.8, 4) is 11.3 Å². The van der Waals surface area contributed by atoms with Crippen LogP contribution in [-0.2, 0) is 13.1 Å². The van der Waals surface area contributed by atoms with Gasteiger partial charge < -0.3 is 5.32 Å². The van der Waals surface area contributed by atoms with Gasteiger partial charge in [0.25, 0.3) is 0 Å². The van der Waals surface area contributed by atoms with Crippen molar-refractivity contribution < 1.29 is 0 Å². The Bertz CT molecular complexity index is 690. The van der Waals surface area contributed by atoms with Crippen molar-refractivity contribution >= 4 is 11.3 Å². The van der Waals surface area contributed by atoms with E-state index in [9.17, 15) is 0 Å². The fourth-order valence-corrected chi connectivity index (χ4v) is 2.76. The van der Waals surface area contributed by atoms with Gasteiger partial charge in [-0.15, -0.1) is 11.3 Å². The first-order chi connectivity index (χ1) is 10.3. The van der Waals surface area contributed by atoms with E-state index in [2.05, 4.69) is 44.9 Å². The van der Waals surface area contributed by atoms with Crippen LogP contribution in [0.4, 0.5) is 0 Å². The molecule has 0 amide bonds. The van der Waals surface area contributed by atoms with Crippen LogP contribution in [0.2, 0.25) is 0 Å². The highest BCUT2D eigenvalue weighted by Gasteiger charge is 2.00. The fraction of sp³-hybridized carbons (Fsp3) is 0.176. The Morgan fingerprint density at radius 3 is 2.57 bits per heavy atom. The lowest BCUT2D eigenvalue weighted by atomic mass is 10.1. The monoisotopic (exact) mass is 295 g/mol. The van der Waals surface area contributed by atoms with Crippen molar-refractivity contribution in [2.75, 3.05) is 0 Å². The third-order valence-electron chi connectivity index (χ3n) is 3.22. The van der Waals surface area contributed by atoms with E-state index in [1.807, 2.05) is 31.3 Å². The minimum atomic E-state index is 0.812. The van der Waals surface area contributed by atoms with Gasteiger partial charge in [-0.2, -0.15) is 0 Å². The highest BCUT2D eigenvalue weighted by molar-refractivity contribution is 7.09. The molecule has 2 aromatic heterocycles. The average molecular weight is 295 g/mol. The lowest BCUT2D eigenvalue weighted by Gasteiger charge is -2.05. The maximum Gasteiger partial charge on any atom is 0.0897 e. The third kappa shape index (κ3) is 3.74. The lowest BCUT2D eigenvalue weighted by molar-refractivity contribution is 0.682. The molecule has 3 aromatic rings. The Labute approximate surface area is 128 Å². The molecule has 0 aliphatic rings. The molecule has 3 rings (SSSR count). The maximum absolute atomic E-state index is 4.44. The van der Waals surface area contributed by atoms with E-state index in [1.54, 1.807) is 11.3 Å². The van der Waals surface area contributed by atoms with Crippen molar-refractivity contribution in [3.63, 3.8) is 0 Å². The second kappa shape index (κ2) is 6.61. The van der Waals surface area contributed by atoms with Crippen molar-refractivity contribution in [1.29, 1.82) is 0 Å². The lowest BCUT2D eigenvalue weighted by Crippen LogP contribution is -2.12. The molecule has 0 spiro atoms. The highest BCUT2D eigenvalue weighted by atomic mass is 32.1. The van der Waals surface area contributed by atoms with Gasteiger partial charge in [0.1, 0.15) is 0 Å². The van der Waals surface area contributed by atoms with E-state index < -0.39 is 0 Å². The number of rotatable bonds is 5. The Morgan fingerprint density at radius 2 is 1.90 bits per heavy atom. The van der Waals surface area contributed by atoms with Crippen LogP contribution in [0.5, 0.6) is 0 Å². The van der Waals surface area contributed by atoms with E-state index in [1.165, 1.54) is 5.56 Å². The van der Waals surface area contributed by atoms with Crippen LogP contribution in [0, 0.1) is 6.92 Å². The molecule has 0 atom stereocenters. The highest BCUT2D eigenvalue weighted by Crippen LogP contribution is 2.16. The number of pyridine rings is 1. The van der Waals surface area contributed by atoms with Crippen molar-refractivity contribution in [2.45, 2.75) is 20.0 Å². The van der Waals surface area contributed by atoms with Crippen molar-refractivity contribution in [2.24, 2.45) is 0 Å². The van der Waals surface area contributed by atoms with Gasteiger partial charge in [-0.1, -0.05) is 30.3 Å². The summed E-state index contributed by atoms with van der Waals surface area (Å²) >= 11 is 1.69. The van der Waals surface area contributed by atoms with Crippen molar-refractivity contribution in [1.82, 2.24) is 15.3 Å². The van der Waals surface area contributed by atoms with Gasteiger partial charge in [0.2, 0.25) is 0 Å². The number of hydrogen-bond acceptors (Lipinski definition) is 4. The first-order valence-electron chi connectivity index (χ1n) is 6.93. The summed E-state index contributed by atoms with van der Waals surface area (Å²) < 4.78 is 0. The van der Waals surface area contributed by atoms with E-state index in [0.29, 0.717) is 0 Å². The number of thiazole rings is 1. The molecule has 0 aliphatic carbocycles. The third-order valence-corrected chi connectivity index (χ3v) is 4.04. The molecule has 1 N–H and O–H groups in total. The zero-order valence-corrected chi connectivity index (χ0v) is 12.7. The van der Waals surface area contributed by atoms with Crippen LogP contribution in [0.3, 0.4) is 0 Å². The quantitative estimate of drug-likeness (QED) is 0.778. The Balaban J connectivity index is 1.57. The predicted molar refractivity (Wildman–Crippen MR) is 87.1 cm³/mol. The zero-order chi connectivity index (χ0) is 14.5. The number of hydrogen-bond donors (Lipinski definition) is 1. The molecule has 2 heterocycles. The van der Waals surface area contributed by atoms with Gasteiger partial charge in [-0.3, -0.25) is 4.98 Å². The summed E-state index contributed by atoms with van der Waals surface area (Å²) in [6, 6.07) is 14.5. The van der Waals surface area contributed by atoms with Gasteiger partial charge in [0.15, 0.2) is 0 Å². The van der Waals surface area contributed by atoms with Crippen LogP contribution >= 0.6 is 11.3 Å². The van der Waals surface area contributed by atoms with Crippen LogP contribution in [-0.4, -0.2) is 9.97 Å². The first-order valence-corrected chi connectivity index (χ1v) is 7.81. The summed E-state index contributed by atoms with van der Waals surface area (Å²) in [5.74, 6) is 0. The second-order valence-corrected chi connectivity index (χ2v) is 5.94. The molecule has 0 saturated heterocycles. The van der Waals surface area contributed by atoms with Crippen LogP contribution < -0.4 is 5.32 Å². The SMILES string of the molecule is Cc1nc(CNCc2ccc(-c3ccccn3)cc2)cs1. The molecule has 4 heteroatoms. The number of aryl methyl sites for hydroxylation is 1. The molecule has 106 valence electrons. The molecule has 0 bridgehead atoms. The summed E-state index contributed by atoms with van der Waals surface area (Å²) in [4.78, 5) is 8.80. The topological polar surface area (TPSA) is 37.8 Å².